The highest BCUT2D eigenvalue weighted by Gasteiger charge is 2.23. The van der Waals surface area contributed by atoms with E-state index in [2.05, 4.69) is 22.2 Å². The Balaban J connectivity index is 1.93. The number of aliphatic hydroxyl groups is 1. The van der Waals surface area contributed by atoms with Gasteiger partial charge in [0.15, 0.2) is 0 Å². The van der Waals surface area contributed by atoms with E-state index in [0.29, 0.717) is 6.54 Å². The van der Waals surface area contributed by atoms with Crippen molar-refractivity contribution < 1.29 is 5.11 Å². The van der Waals surface area contributed by atoms with E-state index in [9.17, 15) is 5.11 Å². The summed E-state index contributed by atoms with van der Waals surface area (Å²) < 4.78 is 1.04. The van der Waals surface area contributed by atoms with Gasteiger partial charge in [0.1, 0.15) is 17.0 Å². The van der Waals surface area contributed by atoms with Gasteiger partial charge < -0.3 is 10.4 Å². The monoisotopic (exact) mass is 342 g/mol. The van der Waals surface area contributed by atoms with Gasteiger partial charge in [0.2, 0.25) is 0 Å². The van der Waals surface area contributed by atoms with Gasteiger partial charge >= 0.3 is 0 Å². The van der Waals surface area contributed by atoms with Crippen LogP contribution in [0.3, 0.4) is 0 Å². The highest BCUT2D eigenvalue weighted by molar-refractivity contribution is 7.26. The van der Waals surface area contributed by atoms with Crippen molar-refractivity contribution in [2.24, 2.45) is 0 Å². The Bertz CT molecular complexity index is 903. The van der Waals surface area contributed by atoms with Crippen LogP contribution >= 0.6 is 11.3 Å². The van der Waals surface area contributed by atoms with Crippen molar-refractivity contribution in [3.05, 3.63) is 23.1 Å². The summed E-state index contributed by atoms with van der Waals surface area (Å²) in [4.78, 5) is 15.0. The Morgan fingerprint density at radius 3 is 2.92 bits per heavy atom. The molecule has 0 saturated heterocycles. The Morgan fingerprint density at radius 2 is 2.12 bits per heavy atom. The third-order valence-electron chi connectivity index (χ3n) is 4.61. The molecule has 4 rings (SSSR count). The Labute approximate surface area is 145 Å². The molecule has 6 heteroatoms. The number of anilines is 1. The first-order chi connectivity index (χ1) is 11.7. The van der Waals surface area contributed by atoms with Crippen molar-refractivity contribution in [3.63, 3.8) is 0 Å². The van der Waals surface area contributed by atoms with E-state index < -0.39 is 6.10 Å². The fourth-order valence-electron chi connectivity index (χ4n) is 3.59. The molecule has 0 aromatic carbocycles. The average molecular weight is 342 g/mol. The molecule has 0 radical (unpaired) electrons. The van der Waals surface area contributed by atoms with Gasteiger partial charge in [-0.2, -0.15) is 0 Å². The van der Waals surface area contributed by atoms with Gasteiger partial charge in [-0.25, -0.2) is 15.0 Å². The second kappa shape index (κ2) is 6.26. The number of fused-ring (bicyclic) bond motifs is 5. The molecule has 3 heterocycles. The molecule has 0 fully saturated rings. The van der Waals surface area contributed by atoms with Gasteiger partial charge in [-0.15, -0.1) is 11.3 Å². The van der Waals surface area contributed by atoms with Gasteiger partial charge in [-0.3, -0.25) is 0 Å². The van der Waals surface area contributed by atoms with Crippen LogP contribution in [0.2, 0.25) is 0 Å². The molecule has 0 aliphatic heterocycles. The number of hydrogen-bond acceptors (Lipinski definition) is 6. The van der Waals surface area contributed by atoms with Crippen molar-refractivity contribution in [1.29, 1.82) is 0 Å². The molecular weight excluding hydrogens is 320 g/mol. The molecule has 3 aromatic heterocycles. The average Bonchev–Trinajstić information content (AvgIpc) is 3.16. The number of aliphatic hydroxyl groups excluding tert-OH is 1. The lowest BCUT2D eigenvalue weighted by Crippen LogP contribution is -2.16. The number of aromatic nitrogens is 3. The van der Waals surface area contributed by atoms with E-state index in [1.54, 1.807) is 24.6 Å². The van der Waals surface area contributed by atoms with Crippen molar-refractivity contribution in [1.82, 2.24) is 15.0 Å². The normalized spacial score (nSPS) is 15.1. The molecule has 5 nitrogen and oxygen atoms in total. The molecule has 1 aliphatic rings. The fraction of sp³-hybridized carbons (Fsp3) is 0.500. The Kier molecular flexibility index (Phi) is 4.10. The number of rotatable bonds is 5. The van der Waals surface area contributed by atoms with Crippen LogP contribution in [0.5, 0.6) is 0 Å². The smallest absolute Gasteiger partial charge is 0.147 e. The molecule has 0 amide bonds. The second-order valence-corrected chi connectivity index (χ2v) is 7.53. The summed E-state index contributed by atoms with van der Waals surface area (Å²) in [5.74, 6) is 0.799. The fourth-order valence-corrected chi connectivity index (χ4v) is 4.73. The first-order valence-electron chi connectivity index (χ1n) is 8.68. The van der Waals surface area contributed by atoms with E-state index in [-0.39, 0.29) is 0 Å². The molecule has 0 saturated carbocycles. The molecule has 2 N–H and O–H groups in total. The molecule has 0 bridgehead atoms. The minimum absolute atomic E-state index is 0.414. The van der Waals surface area contributed by atoms with Crippen molar-refractivity contribution >= 4 is 37.6 Å². The van der Waals surface area contributed by atoms with Crippen LogP contribution in [0.15, 0.2) is 6.33 Å². The van der Waals surface area contributed by atoms with Crippen LogP contribution in [0.1, 0.15) is 43.5 Å². The minimum Gasteiger partial charge on any atom is -0.392 e. The maximum absolute atomic E-state index is 9.53. The standard InChI is InChI=1S/C18H22N4OS/c1-3-5-13-11-6-4-7-12(11)14-15-16(24-18(14)22-13)17(21-9-20-15)19-8-10(2)23/h9-10,23H,3-8H2,1-2H3,(H,19,20,21)/t10-/m1/s1. The van der Waals surface area contributed by atoms with Crippen molar-refractivity contribution in [2.75, 3.05) is 11.9 Å². The topological polar surface area (TPSA) is 70.9 Å². The maximum Gasteiger partial charge on any atom is 0.147 e. The zero-order valence-corrected chi connectivity index (χ0v) is 14.9. The highest BCUT2D eigenvalue weighted by Crippen LogP contribution is 2.41. The van der Waals surface area contributed by atoms with Crippen LogP contribution in [-0.2, 0) is 19.3 Å². The van der Waals surface area contributed by atoms with E-state index in [4.69, 9.17) is 4.98 Å². The number of hydrogen-bond donors (Lipinski definition) is 2. The minimum atomic E-state index is -0.414. The summed E-state index contributed by atoms with van der Waals surface area (Å²) in [5, 5.41) is 14.0. The van der Waals surface area contributed by atoms with E-state index >= 15 is 0 Å². The lowest BCUT2D eigenvalue weighted by Gasteiger charge is -2.08. The predicted octanol–water partition coefficient (Wildman–Crippen LogP) is 3.47. The number of pyridine rings is 1. The molecule has 24 heavy (non-hydrogen) atoms. The van der Waals surface area contributed by atoms with Gasteiger partial charge in [-0.1, -0.05) is 13.3 Å². The van der Waals surface area contributed by atoms with Gasteiger partial charge in [0.25, 0.3) is 0 Å². The third-order valence-corrected chi connectivity index (χ3v) is 5.69. The van der Waals surface area contributed by atoms with Gasteiger partial charge in [0, 0.05) is 17.6 Å². The summed E-state index contributed by atoms with van der Waals surface area (Å²) in [7, 11) is 0. The summed E-state index contributed by atoms with van der Waals surface area (Å²) in [6.07, 6.45) is 6.84. The molecule has 1 atom stereocenters. The Hall–Kier alpha value is -1.79. The molecule has 3 aromatic rings. The van der Waals surface area contributed by atoms with Crippen molar-refractivity contribution in [2.45, 2.75) is 52.1 Å². The lowest BCUT2D eigenvalue weighted by molar-refractivity contribution is 0.208. The SMILES string of the molecule is CCCc1nc2sc3c(NC[C@@H](C)O)ncnc3c2c2c1CCC2. The van der Waals surface area contributed by atoms with E-state index in [0.717, 1.165) is 46.5 Å². The van der Waals surface area contributed by atoms with E-state index in [1.165, 1.54) is 28.6 Å². The largest absolute Gasteiger partial charge is 0.392 e. The molecule has 0 spiro atoms. The molecular formula is C18H22N4OS. The predicted molar refractivity (Wildman–Crippen MR) is 98.9 cm³/mol. The maximum atomic E-state index is 9.53. The number of nitrogens with zero attached hydrogens (tertiary/aromatic N) is 3. The van der Waals surface area contributed by atoms with Crippen LogP contribution in [0, 0.1) is 0 Å². The van der Waals surface area contributed by atoms with E-state index in [1.807, 2.05) is 0 Å². The summed E-state index contributed by atoms with van der Waals surface area (Å²) >= 11 is 1.67. The summed E-state index contributed by atoms with van der Waals surface area (Å²) in [5.41, 5.74) is 5.19. The highest BCUT2D eigenvalue weighted by atomic mass is 32.1. The summed E-state index contributed by atoms with van der Waals surface area (Å²) in [6, 6.07) is 0. The van der Waals surface area contributed by atoms with Gasteiger partial charge in [-0.05, 0) is 43.7 Å². The quantitative estimate of drug-likeness (QED) is 0.743. The molecule has 0 unspecified atom stereocenters. The number of nitrogens with one attached hydrogen (secondary N) is 1. The lowest BCUT2D eigenvalue weighted by atomic mass is 10.0. The number of aryl methyl sites for hydroxylation is 2. The van der Waals surface area contributed by atoms with Crippen LogP contribution < -0.4 is 5.32 Å². The Morgan fingerprint density at radius 1 is 1.29 bits per heavy atom. The first-order valence-corrected chi connectivity index (χ1v) is 9.50. The van der Waals surface area contributed by atoms with Gasteiger partial charge in [0.05, 0.1) is 16.3 Å². The molecule has 1 aliphatic carbocycles. The zero-order valence-electron chi connectivity index (χ0n) is 14.1. The first kappa shape index (κ1) is 15.7. The van der Waals surface area contributed by atoms with Crippen LogP contribution in [-0.4, -0.2) is 32.7 Å². The van der Waals surface area contributed by atoms with Crippen LogP contribution in [0.25, 0.3) is 20.4 Å². The number of thiophene rings is 1. The molecule has 126 valence electrons. The zero-order chi connectivity index (χ0) is 16.7. The van der Waals surface area contributed by atoms with Crippen LogP contribution in [0.4, 0.5) is 5.82 Å². The second-order valence-electron chi connectivity index (χ2n) is 6.53. The van der Waals surface area contributed by atoms with Crippen molar-refractivity contribution in [3.8, 4) is 0 Å². The summed E-state index contributed by atoms with van der Waals surface area (Å²) in [6.45, 7) is 4.45. The third kappa shape index (κ3) is 2.54.